The maximum absolute atomic E-state index is 12.4. The molecule has 0 fully saturated rings. The summed E-state index contributed by atoms with van der Waals surface area (Å²) in [7, 11) is 0. The van der Waals surface area contributed by atoms with Gasteiger partial charge in [-0.15, -0.1) is 10.2 Å². The van der Waals surface area contributed by atoms with Crippen LogP contribution in [0.25, 0.3) is 11.4 Å². The number of amides is 1. The quantitative estimate of drug-likeness (QED) is 0.407. The summed E-state index contributed by atoms with van der Waals surface area (Å²) in [4.78, 5) is 12.4. The summed E-state index contributed by atoms with van der Waals surface area (Å²) in [6, 6.07) is 12.6. The molecule has 29 heavy (non-hydrogen) atoms. The number of benzene rings is 2. The van der Waals surface area contributed by atoms with Crippen molar-refractivity contribution in [2.45, 2.75) is 32.5 Å². The first-order valence-corrected chi connectivity index (χ1v) is 10.6. The first kappa shape index (κ1) is 21.2. The van der Waals surface area contributed by atoms with E-state index in [9.17, 15) is 9.90 Å². The van der Waals surface area contributed by atoms with Crippen molar-refractivity contribution in [2.24, 2.45) is 5.92 Å². The summed E-state index contributed by atoms with van der Waals surface area (Å²) in [5.74, 6) is 1.03. The average Bonchev–Trinajstić information content (AvgIpc) is 3.05. The van der Waals surface area contributed by atoms with Gasteiger partial charge in [0.15, 0.2) is 11.0 Å². The highest BCUT2D eigenvalue weighted by atomic mass is 35.5. The molecule has 3 rings (SSSR count). The van der Waals surface area contributed by atoms with Crippen LogP contribution in [0.1, 0.15) is 19.4 Å². The van der Waals surface area contributed by atoms with Crippen LogP contribution in [0.4, 0.5) is 5.69 Å². The van der Waals surface area contributed by atoms with Crippen LogP contribution < -0.4 is 5.32 Å². The SMILES string of the molecule is Cc1cccc(-c2nnc(SCC(=O)Nc3cc(Cl)ccc3O)n2CC(C)C)c1. The summed E-state index contributed by atoms with van der Waals surface area (Å²) >= 11 is 7.23. The number of rotatable bonds is 7. The standard InChI is InChI=1S/C21H23ClN4O2S/c1-13(2)11-26-20(15-6-4-5-14(3)9-15)24-25-21(26)29-12-19(28)23-17-10-16(22)7-8-18(17)27/h4-10,13,27H,11-12H2,1-3H3,(H,23,28). The van der Waals surface area contributed by atoms with Crippen molar-refractivity contribution in [3.8, 4) is 17.1 Å². The van der Waals surface area contributed by atoms with Gasteiger partial charge in [-0.25, -0.2) is 0 Å². The molecular weight excluding hydrogens is 408 g/mol. The Labute approximate surface area is 179 Å². The van der Waals surface area contributed by atoms with Crippen LogP contribution >= 0.6 is 23.4 Å². The van der Waals surface area contributed by atoms with Crippen molar-refractivity contribution in [1.82, 2.24) is 14.8 Å². The minimum Gasteiger partial charge on any atom is -0.506 e. The fourth-order valence-corrected chi connectivity index (χ4v) is 3.77. The molecule has 0 aliphatic carbocycles. The lowest BCUT2D eigenvalue weighted by Crippen LogP contribution is -2.15. The van der Waals surface area contributed by atoms with Gasteiger partial charge in [0.25, 0.3) is 0 Å². The third-order valence-corrected chi connectivity index (χ3v) is 5.31. The van der Waals surface area contributed by atoms with Crippen LogP contribution in [0.5, 0.6) is 5.75 Å². The van der Waals surface area contributed by atoms with Crippen LogP contribution in [-0.4, -0.2) is 31.5 Å². The zero-order valence-electron chi connectivity index (χ0n) is 16.5. The van der Waals surface area contributed by atoms with Gasteiger partial charge in [-0.3, -0.25) is 4.79 Å². The number of carbonyl (C=O) groups is 1. The minimum absolute atomic E-state index is 0.0301. The highest BCUT2D eigenvalue weighted by molar-refractivity contribution is 7.99. The molecule has 1 amide bonds. The summed E-state index contributed by atoms with van der Waals surface area (Å²) in [5, 5.41) is 22.3. The number of phenols is 1. The van der Waals surface area contributed by atoms with E-state index in [1.807, 2.05) is 29.7 Å². The lowest BCUT2D eigenvalue weighted by atomic mass is 10.1. The summed E-state index contributed by atoms with van der Waals surface area (Å²) in [5.41, 5.74) is 2.43. The van der Waals surface area contributed by atoms with Crippen molar-refractivity contribution in [2.75, 3.05) is 11.1 Å². The number of aromatic nitrogens is 3. The normalized spacial score (nSPS) is 11.1. The molecule has 1 heterocycles. The van der Waals surface area contributed by atoms with Gasteiger partial charge < -0.3 is 15.0 Å². The van der Waals surface area contributed by atoms with Crippen LogP contribution in [-0.2, 0) is 11.3 Å². The van der Waals surface area contributed by atoms with E-state index in [2.05, 4.69) is 35.4 Å². The number of hydrogen-bond donors (Lipinski definition) is 2. The molecule has 0 unspecified atom stereocenters. The molecule has 8 heteroatoms. The summed E-state index contributed by atoms with van der Waals surface area (Å²) in [6.45, 7) is 7.04. The van der Waals surface area contributed by atoms with Gasteiger partial charge in [-0.05, 0) is 37.1 Å². The molecule has 0 spiro atoms. The van der Waals surface area contributed by atoms with E-state index < -0.39 is 0 Å². The molecular formula is C21H23ClN4O2S. The Morgan fingerprint density at radius 1 is 1.24 bits per heavy atom. The average molecular weight is 431 g/mol. The van der Waals surface area contributed by atoms with Crippen molar-refractivity contribution < 1.29 is 9.90 Å². The second-order valence-corrected chi connectivity index (χ2v) is 8.56. The third kappa shape index (κ3) is 5.52. The molecule has 6 nitrogen and oxygen atoms in total. The number of nitrogens with one attached hydrogen (secondary N) is 1. The van der Waals surface area contributed by atoms with Gasteiger partial charge in [0.2, 0.25) is 5.91 Å². The molecule has 3 aromatic rings. The molecule has 0 aliphatic rings. The molecule has 2 N–H and O–H groups in total. The van der Waals surface area contributed by atoms with Gasteiger partial charge in [0.05, 0.1) is 11.4 Å². The topological polar surface area (TPSA) is 80.0 Å². The largest absolute Gasteiger partial charge is 0.506 e. The highest BCUT2D eigenvalue weighted by Gasteiger charge is 2.17. The number of hydrogen-bond acceptors (Lipinski definition) is 5. The zero-order chi connectivity index (χ0) is 21.0. The van der Waals surface area contributed by atoms with Gasteiger partial charge in [0, 0.05) is 17.1 Å². The monoisotopic (exact) mass is 430 g/mol. The van der Waals surface area contributed by atoms with Crippen molar-refractivity contribution in [3.63, 3.8) is 0 Å². The van der Waals surface area contributed by atoms with Crippen molar-refractivity contribution >= 4 is 35.0 Å². The fraction of sp³-hybridized carbons (Fsp3) is 0.286. The molecule has 1 aromatic heterocycles. The number of nitrogens with zero attached hydrogens (tertiary/aromatic N) is 3. The zero-order valence-corrected chi connectivity index (χ0v) is 18.1. The Kier molecular flexibility index (Phi) is 6.82. The van der Waals surface area contributed by atoms with Gasteiger partial charge >= 0.3 is 0 Å². The maximum atomic E-state index is 12.4. The molecule has 0 saturated heterocycles. The molecule has 0 aliphatic heterocycles. The van der Waals surface area contributed by atoms with Crippen molar-refractivity contribution in [1.29, 1.82) is 0 Å². The first-order valence-electron chi connectivity index (χ1n) is 9.25. The molecule has 152 valence electrons. The molecule has 0 bridgehead atoms. The van der Waals surface area contributed by atoms with Gasteiger partial charge in [-0.2, -0.15) is 0 Å². The smallest absolute Gasteiger partial charge is 0.234 e. The number of halogens is 1. The maximum Gasteiger partial charge on any atom is 0.234 e. The van der Waals surface area contributed by atoms with E-state index in [1.54, 1.807) is 6.07 Å². The highest BCUT2D eigenvalue weighted by Crippen LogP contribution is 2.28. The predicted molar refractivity (Wildman–Crippen MR) is 118 cm³/mol. The minimum atomic E-state index is -0.260. The number of aryl methyl sites for hydroxylation is 1. The van der Waals surface area contributed by atoms with Crippen LogP contribution in [0, 0.1) is 12.8 Å². The van der Waals surface area contributed by atoms with Crippen molar-refractivity contribution in [3.05, 3.63) is 53.1 Å². The van der Waals surface area contributed by atoms with Crippen LogP contribution in [0.3, 0.4) is 0 Å². The molecule has 2 aromatic carbocycles. The Bertz CT molecular complexity index is 1020. The third-order valence-electron chi connectivity index (χ3n) is 4.11. The van der Waals surface area contributed by atoms with E-state index >= 15 is 0 Å². The number of anilines is 1. The Morgan fingerprint density at radius 3 is 2.76 bits per heavy atom. The van der Waals surface area contributed by atoms with E-state index in [0.29, 0.717) is 16.1 Å². The molecule has 0 atom stereocenters. The first-order chi connectivity index (χ1) is 13.8. The second kappa shape index (κ2) is 9.33. The van der Waals surface area contributed by atoms with Crippen LogP contribution in [0.15, 0.2) is 47.6 Å². The number of aromatic hydroxyl groups is 1. The van der Waals surface area contributed by atoms with Crippen LogP contribution in [0.2, 0.25) is 5.02 Å². The van der Waals surface area contributed by atoms with Gasteiger partial charge in [0.1, 0.15) is 5.75 Å². The number of carbonyl (C=O) groups excluding carboxylic acids is 1. The Morgan fingerprint density at radius 2 is 2.03 bits per heavy atom. The number of thioether (sulfide) groups is 1. The van der Waals surface area contributed by atoms with E-state index in [1.165, 1.54) is 23.9 Å². The Balaban J connectivity index is 1.76. The second-order valence-electron chi connectivity index (χ2n) is 7.18. The fourth-order valence-electron chi connectivity index (χ4n) is 2.85. The van der Waals surface area contributed by atoms with Gasteiger partial charge in [-0.1, -0.05) is 61.0 Å². The van der Waals surface area contributed by atoms with E-state index in [4.69, 9.17) is 11.6 Å². The lowest BCUT2D eigenvalue weighted by Gasteiger charge is -2.13. The molecule has 0 saturated carbocycles. The number of phenolic OH excluding ortho intramolecular Hbond substituents is 1. The molecule has 0 radical (unpaired) electrons. The predicted octanol–water partition coefficient (Wildman–Crippen LogP) is 5.00. The Hall–Kier alpha value is -2.51. The van der Waals surface area contributed by atoms with E-state index in [0.717, 1.165) is 23.5 Å². The van der Waals surface area contributed by atoms with E-state index in [-0.39, 0.29) is 23.1 Å². The summed E-state index contributed by atoms with van der Waals surface area (Å²) < 4.78 is 2.05. The lowest BCUT2D eigenvalue weighted by molar-refractivity contribution is -0.113. The summed E-state index contributed by atoms with van der Waals surface area (Å²) in [6.07, 6.45) is 0.